The molecule has 0 bridgehead atoms. The highest BCUT2D eigenvalue weighted by atomic mass is 127. The lowest BCUT2D eigenvalue weighted by molar-refractivity contribution is -0.00000799. The quantitative estimate of drug-likeness (QED) is 0.0417. The molecule has 0 rings (SSSR count). The Labute approximate surface area is 249 Å². The van der Waals surface area contributed by atoms with Crippen molar-refractivity contribution in [2.24, 2.45) is 0 Å². The zero-order chi connectivity index (χ0) is 25.7. The SMILES string of the molecule is CCCCCCCCCCCCCCCC[P+](CCCCCC)(CCCCCC)CCCCCC.[I-]. The Balaban J connectivity index is 0. The van der Waals surface area contributed by atoms with Crippen molar-refractivity contribution in [2.45, 2.75) is 195 Å². The van der Waals surface area contributed by atoms with Crippen LogP contribution in [0.25, 0.3) is 0 Å². The highest BCUT2D eigenvalue weighted by Gasteiger charge is 2.34. The lowest BCUT2D eigenvalue weighted by Gasteiger charge is -2.28. The summed E-state index contributed by atoms with van der Waals surface area (Å²) in [5.74, 6) is 0. The van der Waals surface area contributed by atoms with Crippen LogP contribution in [0, 0.1) is 0 Å². The van der Waals surface area contributed by atoms with Crippen LogP contribution < -0.4 is 24.0 Å². The van der Waals surface area contributed by atoms with E-state index in [1.165, 1.54) is 141 Å². The third-order valence-corrected chi connectivity index (χ3v) is 13.5. The third-order valence-electron chi connectivity index (χ3n) is 8.44. The van der Waals surface area contributed by atoms with Crippen LogP contribution in [0.4, 0.5) is 0 Å². The molecule has 0 aromatic heterocycles. The first-order valence-electron chi connectivity index (χ1n) is 17.1. The Morgan fingerprint density at radius 3 is 0.639 bits per heavy atom. The van der Waals surface area contributed by atoms with E-state index in [9.17, 15) is 0 Å². The zero-order valence-corrected chi connectivity index (χ0v) is 29.1. The average Bonchev–Trinajstić information content (AvgIpc) is 2.87. The Bertz CT molecular complexity index is 352. The van der Waals surface area contributed by atoms with Crippen LogP contribution in [0.3, 0.4) is 0 Å². The van der Waals surface area contributed by atoms with Crippen LogP contribution >= 0.6 is 7.26 Å². The van der Waals surface area contributed by atoms with Crippen LogP contribution in [0.15, 0.2) is 0 Å². The predicted molar refractivity (Wildman–Crippen MR) is 169 cm³/mol. The van der Waals surface area contributed by atoms with Gasteiger partial charge in [0.25, 0.3) is 0 Å². The molecule has 0 unspecified atom stereocenters. The highest BCUT2D eigenvalue weighted by Crippen LogP contribution is 2.61. The molecule has 0 saturated carbocycles. The Morgan fingerprint density at radius 2 is 0.417 bits per heavy atom. The minimum absolute atomic E-state index is 0. The first-order valence-corrected chi connectivity index (χ1v) is 19.6. The fourth-order valence-electron chi connectivity index (χ4n) is 5.93. The van der Waals surface area contributed by atoms with E-state index in [2.05, 4.69) is 27.7 Å². The van der Waals surface area contributed by atoms with Gasteiger partial charge in [-0.3, -0.25) is 0 Å². The first kappa shape index (κ1) is 39.3. The van der Waals surface area contributed by atoms with Gasteiger partial charge in [-0.1, -0.05) is 143 Å². The van der Waals surface area contributed by atoms with Crippen molar-refractivity contribution >= 4 is 7.26 Å². The van der Waals surface area contributed by atoms with E-state index in [0.29, 0.717) is 0 Å². The van der Waals surface area contributed by atoms with Gasteiger partial charge in [0.1, 0.15) is 0 Å². The van der Waals surface area contributed by atoms with Gasteiger partial charge in [-0.15, -0.1) is 0 Å². The molecular weight excluding hydrogens is 566 g/mol. The lowest BCUT2D eigenvalue weighted by Crippen LogP contribution is -3.00. The number of halogens is 1. The van der Waals surface area contributed by atoms with Gasteiger partial charge in [0.2, 0.25) is 0 Å². The van der Waals surface area contributed by atoms with Crippen molar-refractivity contribution in [3.05, 3.63) is 0 Å². The van der Waals surface area contributed by atoms with Gasteiger partial charge in [0, 0.05) is 7.26 Å². The Morgan fingerprint density at radius 1 is 0.250 bits per heavy atom. The summed E-state index contributed by atoms with van der Waals surface area (Å²) in [5, 5.41) is 0. The molecule has 2 heteroatoms. The van der Waals surface area contributed by atoms with E-state index < -0.39 is 7.26 Å². The van der Waals surface area contributed by atoms with Gasteiger partial charge in [0.05, 0.1) is 24.6 Å². The molecule has 0 aliphatic carbocycles. The summed E-state index contributed by atoms with van der Waals surface area (Å²) >= 11 is 0. The molecule has 0 atom stereocenters. The molecular formula is C34H72IP. The van der Waals surface area contributed by atoms with E-state index in [1.54, 1.807) is 50.3 Å². The van der Waals surface area contributed by atoms with Crippen LogP contribution in [-0.4, -0.2) is 24.6 Å². The average molecular weight is 639 g/mol. The maximum atomic E-state index is 2.37. The zero-order valence-electron chi connectivity index (χ0n) is 26.0. The molecule has 36 heavy (non-hydrogen) atoms. The number of hydrogen-bond donors (Lipinski definition) is 0. The largest absolute Gasteiger partial charge is 1.00 e. The number of hydrogen-bond acceptors (Lipinski definition) is 0. The molecule has 0 nitrogen and oxygen atoms in total. The van der Waals surface area contributed by atoms with Crippen molar-refractivity contribution < 1.29 is 24.0 Å². The van der Waals surface area contributed by atoms with Gasteiger partial charge in [-0.25, -0.2) is 0 Å². The number of unbranched alkanes of at least 4 members (excludes halogenated alkanes) is 22. The Kier molecular flexibility index (Phi) is 35.3. The molecule has 0 radical (unpaired) electrons. The Hall–Kier alpha value is 1.16. The van der Waals surface area contributed by atoms with E-state index in [-0.39, 0.29) is 24.0 Å². The van der Waals surface area contributed by atoms with Crippen molar-refractivity contribution in [1.29, 1.82) is 0 Å². The standard InChI is InChI=1S/C34H72P.HI/c1-5-9-13-17-18-19-20-21-22-23-24-25-26-30-34-35(31-27-14-10-6-2,32-28-15-11-7-3)33-29-16-12-8-4;/h5-34H2,1-4H3;1H/q+1;/p-1. The summed E-state index contributed by atoms with van der Waals surface area (Å²) in [6.45, 7) is 9.42. The fourth-order valence-corrected chi connectivity index (χ4v) is 10.9. The molecule has 0 amide bonds. The third kappa shape index (κ3) is 26.8. The van der Waals surface area contributed by atoms with Gasteiger partial charge < -0.3 is 24.0 Å². The molecule has 0 aromatic rings. The summed E-state index contributed by atoms with van der Waals surface area (Å²) < 4.78 is 0. The maximum absolute atomic E-state index is 2.37. The molecule has 0 saturated heterocycles. The molecule has 0 heterocycles. The summed E-state index contributed by atoms with van der Waals surface area (Å²) in [5.41, 5.74) is 0. The van der Waals surface area contributed by atoms with Gasteiger partial charge in [0.15, 0.2) is 0 Å². The molecule has 0 spiro atoms. The van der Waals surface area contributed by atoms with Crippen LogP contribution in [0.2, 0.25) is 0 Å². The van der Waals surface area contributed by atoms with Gasteiger partial charge >= 0.3 is 0 Å². The minimum Gasteiger partial charge on any atom is -1.00 e. The van der Waals surface area contributed by atoms with E-state index in [4.69, 9.17) is 0 Å². The van der Waals surface area contributed by atoms with Crippen molar-refractivity contribution in [3.8, 4) is 0 Å². The molecule has 220 valence electrons. The van der Waals surface area contributed by atoms with E-state index in [0.717, 1.165) is 0 Å². The molecule has 0 fully saturated rings. The second-order valence-corrected chi connectivity index (χ2v) is 16.5. The molecule has 0 N–H and O–H groups in total. The van der Waals surface area contributed by atoms with Crippen molar-refractivity contribution in [3.63, 3.8) is 0 Å². The molecule has 0 aromatic carbocycles. The maximum Gasteiger partial charge on any atom is 0.0594 e. The summed E-state index contributed by atoms with van der Waals surface area (Å²) in [6.07, 6.45) is 45.1. The van der Waals surface area contributed by atoms with Crippen molar-refractivity contribution in [2.75, 3.05) is 24.6 Å². The molecule has 0 aliphatic rings. The second-order valence-electron chi connectivity index (χ2n) is 12.0. The van der Waals surface area contributed by atoms with E-state index >= 15 is 0 Å². The second kappa shape index (κ2) is 32.4. The van der Waals surface area contributed by atoms with E-state index in [1.807, 2.05) is 0 Å². The van der Waals surface area contributed by atoms with Crippen molar-refractivity contribution in [1.82, 2.24) is 0 Å². The fraction of sp³-hybridized carbons (Fsp3) is 1.00. The summed E-state index contributed by atoms with van der Waals surface area (Å²) in [6, 6.07) is 0. The monoisotopic (exact) mass is 638 g/mol. The number of rotatable bonds is 30. The smallest absolute Gasteiger partial charge is 0.0594 e. The van der Waals surface area contributed by atoms with Crippen LogP contribution in [0.5, 0.6) is 0 Å². The van der Waals surface area contributed by atoms with Gasteiger partial charge in [-0.2, -0.15) is 0 Å². The van der Waals surface area contributed by atoms with Gasteiger partial charge in [-0.05, 0) is 51.4 Å². The summed E-state index contributed by atoms with van der Waals surface area (Å²) in [4.78, 5) is 0. The highest BCUT2D eigenvalue weighted by molar-refractivity contribution is 7.75. The van der Waals surface area contributed by atoms with Crippen LogP contribution in [0.1, 0.15) is 195 Å². The normalized spacial score (nSPS) is 11.7. The molecule has 0 aliphatic heterocycles. The minimum atomic E-state index is -0.701. The lowest BCUT2D eigenvalue weighted by atomic mass is 10.0. The van der Waals surface area contributed by atoms with Crippen LogP contribution in [-0.2, 0) is 0 Å². The first-order chi connectivity index (χ1) is 17.2. The predicted octanol–water partition coefficient (Wildman–Crippen LogP) is 10.2. The topological polar surface area (TPSA) is 0 Å². The summed E-state index contributed by atoms with van der Waals surface area (Å²) in [7, 11) is -0.701.